The Morgan fingerprint density at radius 3 is 3.15 bits per heavy atom. The number of hydrogen-bond acceptors (Lipinski definition) is 6. The molecule has 0 aromatic carbocycles. The average Bonchev–Trinajstić information content (AvgIpc) is 3.18. The molecule has 104 valence electrons. The summed E-state index contributed by atoms with van der Waals surface area (Å²) in [6.45, 7) is 4.27. The first-order chi connectivity index (χ1) is 9.85. The number of nitrogens with one attached hydrogen (secondary N) is 1. The van der Waals surface area contributed by atoms with E-state index < -0.39 is 0 Å². The molecule has 0 amide bonds. The summed E-state index contributed by atoms with van der Waals surface area (Å²) in [6, 6.07) is 3.97. The van der Waals surface area contributed by atoms with Gasteiger partial charge in [-0.25, -0.2) is 9.67 Å². The SMILES string of the molecule is CCNCc1cn(Cc2coc(-c3cccs3)n2)nn1. The minimum absolute atomic E-state index is 0.563. The third-order valence-corrected chi connectivity index (χ3v) is 3.61. The van der Waals surface area contributed by atoms with Crippen molar-refractivity contribution in [1.82, 2.24) is 25.3 Å². The molecule has 3 heterocycles. The van der Waals surface area contributed by atoms with E-state index >= 15 is 0 Å². The largest absolute Gasteiger partial charge is 0.443 e. The van der Waals surface area contributed by atoms with Crippen LogP contribution in [0, 0.1) is 0 Å². The summed E-state index contributed by atoms with van der Waals surface area (Å²) in [5.41, 5.74) is 1.77. The van der Waals surface area contributed by atoms with Crippen molar-refractivity contribution in [1.29, 1.82) is 0 Å². The highest BCUT2D eigenvalue weighted by Gasteiger charge is 2.09. The summed E-state index contributed by atoms with van der Waals surface area (Å²) < 4.78 is 7.24. The number of aromatic nitrogens is 4. The van der Waals surface area contributed by atoms with Crippen molar-refractivity contribution in [3.63, 3.8) is 0 Å². The molecule has 0 aliphatic heterocycles. The normalized spacial score (nSPS) is 11.1. The molecule has 3 aromatic rings. The zero-order valence-corrected chi connectivity index (χ0v) is 11.9. The lowest BCUT2D eigenvalue weighted by Crippen LogP contribution is -2.11. The van der Waals surface area contributed by atoms with Crippen molar-refractivity contribution in [2.24, 2.45) is 0 Å². The number of hydrogen-bond donors (Lipinski definition) is 1. The van der Waals surface area contributed by atoms with Crippen LogP contribution in [-0.4, -0.2) is 26.5 Å². The third-order valence-electron chi connectivity index (χ3n) is 2.75. The molecule has 3 aromatic heterocycles. The zero-order valence-electron chi connectivity index (χ0n) is 11.1. The van der Waals surface area contributed by atoms with Crippen LogP contribution in [0.1, 0.15) is 18.3 Å². The number of rotatable bonds is 6. The van der Waals surface area contributed by atoms with Crippen LogP contribution in [0.15, 0.2) is 34.4 Å². The number of nitrogens with zero attached hydrogens (tertiary/aromatic N) is 4. The second-order valence-corrected chi connectivity index (χ2v) is 5.26. The topological polar surface area (TPSA) is 68.8 Å². The molecule has 6 nitrogen and oxygen atoms in total. The summed E-state index contributed by atoms with van der Waals surface area (Å²) in [6.07, 6.45) is 3.59. The first-order valence-corrected chi connectivity index (χ1v) is 7.31. The molecule has 7 heteroatoms. The average molecular weight is 289 g/mol. The standard InChI is InChI=1S/C13H15N5OS/c1-2-14-6-10-7-18(17-16-10)8-11-9-19-13(15-11)12-4-3-5-20-12/h3-5,7,9,14H,2,6,8H2,1H3. The van der Waals surface area contributed by atoms with Gasteiger partial charge < -0.3 is 9.73 Å². The maximum atomic E-state index is 5.48. The van der Waals surface area contributed by atoms with Crippen LogP contribution in [-0.2, 0) is 13.1 Å². The molecule has 20 heavy (non-hydrogen) atoms. The molecule has 0 fully saturated rings. The van der Waals surface area contributed by atoms with E-state index in [1.165, 1.54) is 0 Å². The van der Waals surface area contributed by atoms with E-state index in [-0.39, 0.29) is 0 Å². The second-order valence-electron chi connectivity index (χ2n) is 4.31. The first kappa shape index (κ1) is 13.0. The van der Waals surface area contributed by atoms with Crippen LogP contribution in [0.3, 0.4) is 0 Å². The predicted molar refractivity (Wildman–Crippen MR) is 76.3 cm³/mol. The summed E-state index contributed by atoms with van der Waals surface area (Å²) in [5, 5.41) is 13.4. The van der Waals surface area contributed by atoms with Crippen molar-refractivity contribution < 1.29 is 4.42 Å². The van der Waals surface area contributed by atoms with Gasteiger partial charge in [0.1, 0.15) is 12.0 Å². The Morgan fingerprint density at radius 2 is 2.35 bits per heavy atom. The van der Waals surface area contributed by atoms with Crippen LogP contribution < -0.4 is 5.32 Å². The molecule has 0 bridgehead atoms. The lowest BCUT2D eigenvalue weighted by molar-refractivity contribution is 0.569. The summed E-state index contributed by atoms with van der Waals surface area (Å²) in [5.74, 6) is 0.656. The quantitative estimate of drug-likeness (QED) is 0.753. The van der Waals surface area contributed by atoms with Crippen LogP contribution in [0.5, 0.6) is 0 Å². The third kappa shape index (κ3) is 2.94. The number of thiophene rings is 1. The predicted octanol–water partition coefficient (Wildman–Crippen LogP) is 2.15. The van der Waals surface area contributed by atoms with Gasteiger partial charge in [-0.15, -0.1) is 16.4 Å². The van der Waals surface area contributed by atoms with E-state index in [1.54, 1.807) is 22.3 Å². The molecule has 1 N–H and O–H groups in total. The van der Waals surface area contributed by atoms with E-state index in [0.29, 0.717) is 12.4 Å². The van der Waals surface area contributed by atoms with E-state index in [1.807, 2.05) is 23.7 Å². The highest BCUT2D eigenvalue weighted by molar-refractivity contribution is 7.13. The molecule has 0 unspecified atom stereocenters. The lowest BCUT2D eigenvalue weighted by atomic mass is 10.4. The highest BCUT2D eigenvalue weighted by atomic mass is 32.1. The van der Waals surface area contributed by atoms with Gasteiger partial charge in [-0.1, -0.05) is 18.2 Å². The minimum Gasteiger partial charge on any atom is -0.443 e. The molecule has 3 rings (SSSR count). The van der Waals surface area contributed by atoms with Gasteiger partial charge >= 0.3 is 0 Å². The Balaban J connectivity index is 1.67. The van der Waals surface area contributed by atoms with Crippen LogP contribution in [0.2, 0.25) is 0 Å². The summed E-state index contributed by atoms with van der Waals surface area (Å²) in [7, 11) is 0. The zero-order chi connectivity index (χ0) is 13.8. The fourth-order valence-corrected chi connectivity index (χ4v) is 2.46. The molecule has 0 saturated heterocycles. The van der Waals surface area contributed by atoms with Crippen LogP contribution in [0.25, 0.3) is 10.8 Å². The molecule has 0 saturated carbocycles. The van der Waals surface area contributed by atoms with Crippen molar-refractivity contribution in [2.75, 3.05) is 6.54 Å². The Hall–Kier alpha value is -1.99. The maximum Gasteiger partial charge on any atom is 0.236 e. The molecule has 0 aliphatic carbocycles. The van der Waals surface area contributed by atoms with Gasteiger partial charge in [0.2, 0.25) is 5.89 Å². The fraction of sp³-hybridized carbons (Fsp3) is 0.308. The van der Waals surface area contributed by atoms with Crippen molar-refractivity contribution in [3.05, 3.63) is 41.4 Å². The van der Waals surface area contributed by atoms with Gasteiger partial charge in [0, 0.05) is 6.54 Å². The molecular formula is C13H15N5OS. The molecule has 0 atom stereocenters. The monoisotopic (exact) mass is 289 g/mol. The maximum absolute atomic E-state index is 5.48. The Morgan fingerprint density at radius 1 is 1.40 bits per heavy atom. The van der Waals surface area contributed by atoms with E-state index in [4.69, 9.17) is 4.42 Å². The molecule has 0 aliphatic rings. The van der Waals surface area contributed by atoms with E-state index in [2.05, 4.69) is 27.5 Å². The van der Waals surface area contributed by atoms with Gasteiger partial charge in [0.25, 0.3) is 0 Å². The molecular weight excluding hydrogens is 274 g/mol. The smallest absolute Gasteiger partial charge is 0.236 e. The Labute approximate surface area is 120 Å². The fourth-order valence-electron chi connectivity index (χ4n) is 1.81. The van der Waals surface area contributed by atoms with Gasteiger partial charge in [-0.3, -0.25) is 0 Å². The van der Waals surface area contributed by atoms with Crippen molar-refractivity contribution in [2.45, 2.75) is 20.0 Å². The Kier molecular flexibility index (Phi) is 3.89. The summed E-state index contributed by atoms with van der Waals surface area (Å²) in [4.78, 5) is 5.49. The van der Waals surface area contributed by atoms with Crippen LogP contribution in [0.4, 0.5) is 0 Å². The Bertz CT molecular complexity index is 658. The molecule has 0 spiro atoms. The highest BCUT2D eigenvalue weighted by Crippen LogP contribution is 2.23. The van der Waals surface area contributed by atoms with Gasteiger partial charge in [0.05, 0.1) is 23.3 Å². The van der Waals surface area contributed by atoms with E-state index in [0.717, 1.165) is 29.4 Å². The van der Waals surface area contributed by atoms with Gasteiger partial charge in [-0.05, 0) is 18.0 Å². The van der Waals surface area contributed by atoms with E-state index in [9.17, 15) is 0 Å². The van der Waals surface area contributed by atoms with Crippen molar-refractivity contribution >= 4 is 11.3 Å². The lowest BCUT2D eigenvalue weighted by Gasteiger charge is -1.95. The minimum atomic E-state index is 0.563. The van der Waals surface area contributed by atoms with Gasteiger partial charge in [-0.2, -0.15) is 0 Å². The number of oxazole rings is 1. The molecule has 0 radical (unpaired) electrons. The van der Waals surface area contributed by atoms with Crippen LogP contribution >= 0.6 is 11.3 Å². The van der Waals surface area contributed by atoms with Crippen molar-refractivity contribution in [3.8, 4) is 10.8 Å². The first-order valence-electron chi connectivity index (χ1n) is 6.43. The van der Waals surface area contributed by atoms with Gasteiger partial charge in [0.15, 0.2) is 0 Å². The summed E-state index contributed by atoms with van der Waals surface area (Å²) >= 11 is 1.61. The second kappa shape index (κ2) is 5.98.